The number of nitriles is 1. The summed E-state index contributed by atoms with van der Waals surface area (Å²) < 4.78 is 0. The molecule has 3 rings (SSSR count). The lowest BCUT2D eigenvalue weighted by Gasteiger charge is -2.06. The summed E-state index contributed by atoms with van der Waals surface area (Å²) in [6, 6.07) is 19.2. The van der Waals surface area contributed by atoms with Gasteiger partial charge >= 0.3 is 0 Å². The number of anilines is 1. The fourth-order valence-electron chi connectivity index (χ4n) is 2.47. The van der Waals surface area contributed by atoms with Crippen molar-refractivity contribution >= 4 is 11.6 Å². The van der Waals surface area contributed by atoms with Crippen molar-refractivity contribution in [3.8, 4) is 6.07 Å². The first-order valence-electron chi connectivity index (χ1n) is 6.64. The highest BCUT2D eigenvalue weighted by Crippen LogP contribution is 2.47. The number of hydrogen-bond donors (Lipinski definition) is 1. The largest absolute Gasteiger partial charge is 0.325 e. The molecular weight excluding hydrogens is 248 g/mol. The normalized spacial score (nSPS) is 19.9. The topological polar surface area (TPSA) is 52.9 Å². The van der Waals surface area contributed by atoms with E-state index in [-0.39, 0.29) is 11.8 Å². The lowest BCUT2D eigenvalue weighted by atomic mass is 10.1. The second kappa shape index (κ2) is 5.18. The van der Waals surface area contributed by atoms with Crippen LogP contribution in [0.5, 0.6) is 0 Å². The van der Waals surface area contributed by atoms with Gasteiger partial charge in [0.05, 0.1) is 11.3 Å². The molecule has 1 aliphatic rings. The number of amides is 1. The molecule has 0 radical (unpaired) electrons. The van der Waals surface area contributed by atoms with Crippen molar-refractivity contribution in [2.45, 2.75) is 12.3 Å². The second-order valence-electron chi connectivity index (χ2n) is 5.01. The lowest BCUT2D eigenvalue weighted by molar-refractivity contribution is -0.117. The number of benzene rings is 2. The molecule has 1 fully saturated rings. The molecule has 0 heterocycles. The molecule has 2 aromatic rings. The number of carbonyl (C=O) groups is 1. The summed E-state index contributed by atoms with van der Waals surface area (Å²) in [6.45, 7) is 0. The van der Waals surface area contributed by atoms with E-state index in [4.69, 9.17) is 5.26 Å². The van der Waals surface area contributed by atoms with Crippen molar-refractivity contribution in [3.63, 3.8) is 0 Å². The van der Waals surface area contributed by atoms with Crippen LogP contribution in [0.15, 0.2) is 54.6 Å². The lowest BCUT2D eigenvalue weighted by Crippen LogP contribution is -2.15. The molecular formula is C17H14N2O. The van der Waals surface area contributed by atoms with Crippen LogP contribution in [0, 0.1) is 17.2 Å². The zero-order valence-electron chi connectivity index (χ0n) is 10.9. The Bertz CT molecular complexity index is 673. The number of para-hydroxylation sites is 1. The van der Waals surface area contributed by atoms with Crippen LogP contribution in [-0.2, 0) is 4.79 Å². The third-order valence-electron chi connectivity index (χ3n) is 3.66. The van der Waals surface area contributed by atoms with Crippen LogP contribution in [0.25, 0.3) is 0 Å². The Morgan fingerprint density at radius 3 is 2.55 bits per heavy atom. The Hall–Kier alpha value is -2.60. The van der Waals surface area contributed by atoms with Gasteiger partial charge in [-0.05, 0) is 30.0 Å². The minimum Gasteiger partial charge on any atom is -0.325 e. The van der Waals surface area contributed by atoms with Crippen molar-refractivity contribution < 1.29 is 4.79 Å². The Labute approximate surface area is 117 Å². The first kappa shape index (κ1) is 12.4. The number of rotatable bonds is 3. The fourth-order valence-corrected chi connectivity index (χ4v) is 2.47. The highest BCUT2D eigenvalue weighted by molar-refractivity contribution is 5.96. The van der Waals surface area contributed by atoms with Crippen molar-refractivity contribution in [1.29, 1.82) is 5.26 Å². The summed E-state index contributed by atoms with van der Waals surface area (Å²) in [5.41, 5.74) is 2.30. The van der Waals surface area contributed by atoms with Gasteiger partial charge in [0.25, 0.3) is 0 Å². The van der Waals surface area contributed by atoms with Gasteiger partial charge in [0.2, 0.25) is 5.91 Å². The summed E-state index contributed by atoms with van der Waals surface area (Å²) in [7, 11) is 0. The Morgan fingerprint density at radius 1 is 1.10 bits per heavy atom. The minimum atomic E-state index is 0.00144. The van der Waals surface area contributed by atoms with Crippen LogP contribution in [-0.4, -0.2) is 5.91 Å². The summed E-state index contributed by atoms with van der Waals surface area (Å²) >= 11 is 0. The van der Waals surface area contributed by atoms with Gasteiger partial charge in [-0.2, -0.15) is 5.26 Å². The summed E-state index contributed by atoms with van der Waals surface area (Å²) in [5.74, 6) is 0.330. The van der Waals surface area contributed by atoms with Gasteiger partial charge in [0, 0.05) is 5.92 Å². The number of hydrogen-bond acceptors (Lipinski definition) is 2. The molecule has 1 saturated carbocycles. The molecule has 98 valence electrons. The standard InChI is InChI=1S/C17H14N2O/c18-11-13-8-4-5-9-16(13)19-17(20)15-10-14(15)12-6-2-1-3-7-12/h1-9,14-15H,10H2,(H,19,20). The highest BCUT2D eigenvalue weighted by Gasteiger charge is 2.43. The van der Waals surface area contributed by atoms with E-state index in [1.54, 1.807) is 18.2 Å². The van der Waals surface area contributed by atoms with E-state index < -0.39 is 0 Å². The van der Waals surface area contributed by atoms with Crippen molar-refractivity contribution in [1.82, 2.24) is 0 Å². The quantitative estimate of drug-likeness (QED) is 0.922. The maximum atomic E-state index is 12.2. The molecule has 1 N–H and O–H groups in total. The highest BCUT2D eigenvalue weighted by atomic mass is 16.2. The third kappa shape index (κ3) is 2.41. The Kier molecular flexibility index (Phi) is 3.22. The average Bonchev–Trinajstić information content (AvgIpc) is 3.29. The van der Waals surface area contributed by atoms with Gasteiger partial charge in [0.15, 0.2) is 0 Å². The molecule has 0 spiro atoms. The SMILES string of the molecule is N#Cc1ccccc1NC(=O)C1CC1c1ccccc1. The predicted octanol–water partition coefficient (Wildman–Crippen LogP) is 3.30. The van der Waals surface area contributed by atoms with E-state index in [1.807, 2.05) is 24.3 Å². The molecule has 1 amide bonds. The number of carbonyl (C=O) groups excluding carboxylic acids is 1. The van der Waals surface area contributed by atoms with Gasteiger partial charge < -0.3 is 5.32 Å². The molecule has 1 aliphatic carbocycles. The molecule has 0 bridgehead atoms. The molecule has 20 heavy (non-hydrogen) atoms. The Balaban J connectivity index is 1.69. The van der Waals surface area contributed by atoms with E-state index >= 15 is 0 Å². The molecule has 2 atom stereocenters. The maximum absolute atomic E-state index is 12.2. The van der Waals surface area contributed by atoms with E-state index in [2.05, 4.69) is 23.5 Å². The third-order valence-corrected chi connectivity index (χ3v) is 3.66. The summed E-state index contributed by atoms with van der Waals surface area (Å²) in [4.78, 5) is 12.2. The molecule has 0 aliphatic heterocycles. The minimum absolute atomic E-state index is 0.00144. The van der Waals surface area contributed by atoms with Crippen LogP contribution in [0.3, 0.4) is 0 Å². The molecule has 2 aromatic carbocycles. The molecule has 0 aromatic heterocycles. The van der Waals surface area contributed by atoms with Crippen LogP contribution < -0.4 is 5.32 Å². The van der Waals surface area contributed by atoms with Gasteiger partial charge in [-0.1, -0.05) is 42.5 Å². The van der Waals surface area contributed by atoms with E-state index in [1.165, 1.54) is 5.56 Å². The van der Waals surface area contributed by atoms with Gasteiger partial charge in [-0.15, -0.1) is 0 Å². The van der Waals surface area contributed by atoms with Crippen molar-refractivity contribution in [2.24, 2.45) is 5.92 Å². The van der Waals surface area contributed by atoms with E-state index in [0.29, 0.717) is 17.2 Å². The van der Waals surface area contributed by atoms with Crippen LogP contribution >= 0.6 is 0 Å². The maximum Gasteiger partial charge on any atom is 0.228 e. The zero-order chi connectivity index (χ0) is 13.9. The fraction of sp³-hybridized carbons (Fsp3) is 0.176. The van der Waals surface area contributed by atoms with E-state index in [0.717, 1.165) is 6.42 Å². The van der Waals surface area contributed by atoms with Crippen molar-refractivity contribution in [3.05, 3.63) is 65.7 Å². The first-order valence-corrected chi connectivity index (χ1v) is 6.64. The van der Waals surface area contributed by atoms with E-state index in [9.17, 15) is 4.79 Å². The molecule has 3 nitrogen and oxygen atoms in total. The second-order valence-corrected chi connectivity index (χ2v) is 5.01. The Morgan fingerprint density at radius 2 is 1.80 bits per heavy atom. The zero-order valence-corrected chi connectivity index (χ0v) is 10.9. The molecule has 3 heteroatoms. The molecule has 0 saturated heterocycles. The van der Waals surface area contributed by atoms with Crippen LogP contribution in [0.1, 0.15) is 23.5 Å². The first-order chi connectivity index (χ1) is 9.79. The summed E-state index contributed by atoms with van der Waals surface area (Å²) in [6.07, 6.45) is 0.880. The average molecular weight is 262 g/mol. The van der Waals surface area contributed by atoms with Crippen LogP contribution in [0.2, 0.25) is 0 Å². The monoisotopic (exact) mass is 262 g/mol. The van der Waals surface area contributed by atoms with Gasteiger partial charge in [0.1, 0.15) is 6.07 Å². The number of nitrogens with zero attached hydrogens (tertiary/aromatic N) is 1. The predicted molar refractivity (Wildman–Crippen MR) is 77.1 cm³/mol. The summed E-state index contributed by atoms with van der Waals surface area (Å²) in [5, 5.41) is 11.9. The number of nitrogens with one attached hydrogen (secondary N) is 1. The van der Waals surface area contributed by atoms with Crippen LogP contribution in [0.4, 0.5) is 5.69 Å². The van der Waals surface area contributed by atoms with Crippen molar-refractivity contribution in [2.75, 3.05) is 5.32 Å². The molecule has 2 unspecified atom stereocenters. The van der Waals surface area contributed by atoms with Gasteiger partial charge in [-0.3, -0.25) is 4.79 Å². The van der Waals surface area contributed by atoms with Gasteiger partial charge in [-0.25, -0.2) is 0 Å². The smallest absolute Gasteiger partial charge is 0.228 e.